The highest BCUT2D eigenvalue weighted by Gasteiger charge is 2.18. The highest BCUT2D eigenvalue weighted by molar-refractivity contribution is 5.54. The Morgan fingerprint density at radius 1 is 0.667 bits per heavy atom. The van der Waals surface area contributed by atoms with E-state index in [1.165, 1.54) is 0 Å². The summed E-state index contributed by atoms with van der Waals surface area (Å²) in [6.07, 6.45) is 21.2. The molecule has 1 aromatic carbocycles. The zero-order valence-corrected chi connectivity index (χ0v) is 17.6. The summed E-state index contributed by atoms with van der Waals surface area (Å²) < 4.78 is 17.7. The van der Waals surface area contributed by atoms with E-state index in [1.807, 2.05) is 0 Å². The van der Waals surface area contributed by atoms with Gasteiger partial charge in [-0.3, -0.25) is 0 Å². The molecule has 0 heterocycles. The second kappa shape index (κ2) is 16.1. The van der Waals surface area contributed by atoms with Crippen LogP contribution >= 0.6 is 0 Å². The largest absolute Gasteiger partial charge is 0.490 e. The fraction of sp³-hybridized carbons (Fsp3) is 0.520. The van der Waals surface area contributed by atoms with Crippen LogP contribution in [0, 0.1) is 37.0 Å². The number of rotatable bonds is 16. The predicted molar refractivity (Wildman–Crippen MR) is 118 cm³/mol. The Bertz CT molecular complexity index is 688. The van der Waals surface area contributed by atoms with Crippen LogP contribution in [0.15, 0.2) is 12.1 Å². The van der Waals surface area contributed by atoms with Gasteiger partial charge in [0.05, 0.1) is 19.8 Å². The number of hydrogen-bond acceptors (Lipinski definition) is 5. The van der Waals surface area contributed by atoms with Crippen molar-refractivity contribution in [2.45, 2.75) is 64.1 Å². The lowest BCUT2D eigenvalue weighted by Gasteiger charge is -2.19. The van der Waals surface area contributed by atoms with Gasteiger partial charge >= 0.3 is 0 Å². The van der Waals surface area contributed by atoms with E-state index in [2.05, 4.69) is 17.8 Å². The van der Waals surface area contributed by atoms with Crippen LogP contribution in [0.4, 0.5) is 0 Å². The molecule has 162 valence electrons. The first-order chi connectivity index (χ1) is 14.6. The Balaban J connectivity index is 2.95. The van der Waals surface area contributed by atoms with Gasteiger partial charge in [-0.2, -0.15) is 0 Å². The molecule has 5 heteroatoms. The van der Waals surface area contributed by atoms with Crippen molar-refractivity contribution in [1.82, 2.24) is 0 Å². The maximum atomic E-state index is 9.66. The average Bonchev–Trinajstić information content (AvgIpc) is 2.74. The number of ether oxygens (including phenoxy) is 3. The Morgan fingerprint density at radius 2 is 1.07 bits per heavy atom. The molecule has 0 saturated heterocycles. The molecule has 0 aliphatic rings. The van der Waals surface area contributed by atoms with Crippen LogP contribution in [0.2, 0.25) is 0 Å². The monoisotopic (exact) mass is 412 g/mol. The van der Waals surface area contributed by atoms with Gasteiger partial charge in [-0.15, -0.1) is 37.0 Å². The van der Waals surface area contributed by atoms with Gasteiger partial charge in [0.2, 0.25) is 5.75 Å². The van der Waals surface area contributed by atoms with Crippen LogP contribution in [0.1, 0.15) is 69.6 Å². The van der Waals surface area contributed by atoms with Gasteiger partial charge in [0.1, 0.15) is 0 Å². The predicted octanol–water partition coefficient (Wildman–Crippen LogP) is 4.22. The van der Waals surface area contributed by atoms with Gasteiger partial charge < -0.3 is 24.4 Å². The van der Waals surface area contributed by atoms with E-state index < -0.39 is 6.29 Å². The molecule has 0 bridgehead atoms. The van der Waals surface area contributed by atoms with Crippen LogP contribution < -0.4 is 14.2 Å². The van der Waals surface area contributed by atoms with Crippen molar-refractivity contribution >= 4 is 0 Å². The van der Waals surface area contributed by atoms with Crippen molar-refractivity contribution in [3.05, 3.63) is 17.7 Å². The standard InChI is InChI=1S/C25H32O5/c1-4-7-10-13-16-28-22-19-21(25(26)27)20-23(29-17-14-11-8-5-2)24(22)30-18-15-12-9-6-3/h1-3,19-20,25-27H,7-18H2. The van der Waals surface area contributed by atoms with Gasteiger partial charge in [0.15, 0.2) is 17.8 Å². The summed E-state index contributed by atoms with van der Waals surface area (Å²) in [6.45, 7) is 1.31. The molecule has 2 N–H and O–H groups in total. The Hall–Kier alpha value is -2.78. The molecular formula is C25H32O5. The van der Waals surface area contributed by atoms with E-state index in [0.29, 0.717) is 56.3 Å². The third-order valence-corrected chi connectivity index (χ3v) is 4.25. The molecule has 0 fully saturated rings. The fourth-order valence-electron chi connectivity index (χ4n) is 2.63. The van der Waals surface area contributed by atoms with E-state index in [4.69, 9.17) is 33.5 Å². The second-order valence-corrected chi connectivity index (χ2v) is 6.75. The lowest BCUT2D eigenvalue weighted by Crippen LogP contribution is -2.08. The summed E-state index contributed by atoms with van der Waals surface area (Å²) in [5, 5.41) is 19.3. The van der Waals surface area contributed by atoms with E-state index in [1.54, 1.807) is 12.1 Å². The minimum absolute atomic E-state index is 0.270. The molecule has 0 spiro atoms. The van der Waals surface area contributed by atoms with E-state index in [-0.39, 0.29) is 5.56 Å². The van der Waals surface area contributed by atoms with Crippen molar-refractivity contribution in [2.75, 3.05) is 19.8 Å². The van der Waals surface area contributed by atoms with Crippen molar-refractivity contribution in [1.29, 1.82) is 0 Å². The summed E-state index contributed by atoms with van der Waals surface area (Å²) in [5.41, 5.74) is 0.270. The van der Waals surface area contributed by atoms with Gasteiger partial charge in [-0.1, -0.05) is 0 Å². The van der Waals surface area contributed by atoms with Crippen LogP contribution in [0.5, 0.6) is 17.2 Å². The molecule has 0 amide bonds. The fourth-order valence-corrected chi connectivity index (χ4v) is 2.63. The molecule has 30 heavy (non-hydrogen) atoms. The van der Waals surface area contributed by atoms with Crippen molar-refractivity contribution in [3.63, 3.8) is 0 Å². The summed E-state index contributed by atoms with van der Waals surface area (Å²) in [4.78, 5) is 0. The van der Waals surface area contributed by atoms with Crippen molar-refractivity contribution in [3.8, 4) is 54.3 Å². The summed E-state index contributed by atoms with van der Waals surface area (Å²) in [7, 11) is 0. The topological polar surface area (TPSA) is 68.2 Å². The highest BCUT2D eigenvalue weighted by atomic mass is 16.5. The molecule has 5 nitrogen and oxygen atoms in total. The molecule has 0 aromatic heterocycles. The highest BCUT2D eigenvalue weighted by Crippen LogP contribution is 2.40. The number of unbranched alkanes of at least 4 members (excludes halogenated alkanes) is 6. The number of benzene rings is 1. The maximum Gasteiger partial charge on any atom is 0.203 e. The summed E-state index contributed by atoms with van der Waals surface area (Å²) in [6, 6.07) is 3.13. The number of aliphatic hydroxyl groups is 2. The van der Waals surface area contributed by atoms with Gasteiger partial charge in [-0.25, -0.2) is 0 Å². The molecule has 1 aromatic rings. The van der Waals surface area contributed by atoms with Crippen LogP contribution in [-0.2, 0) is 0 Å². The SMILES string of the molecule is C#CCCCCOc1cc(C(O)O)cc(OCCCCC#C)c1OCCCCC#C. The van der Waals surface area contributed by atoms with E-state index in [0.717, 1.165) is 38.5 Å². The summed E-state index contributed by atoms with van der Waals surface area (Å²) >= 11 is 0. The minimum atomic E-state index is -1.65. The van der Waals surface area contributed by atoms with Crippen LogP contribution in [0.3, 0.4) is 0 Å². The lowest BCUT2D eigenvalue weighted by atomic mass is 10.1. The molecule has 0 aliphatic carbocycles. The maximum absolute atomic E-state index is 9.66. The second-order valence-electron chi connectivity index (χ2n) is 6.75. The third-order valence-electron chi connectivity index (χ3n) is 4.25. The zero-order valence-electron chi connectivity index (χ0n) is 17.6. The Labute approximate surface area is 180 Å². The number of hydrogen-bond donors (Lipinski definition) is 2. The zero-order chi connectivity index (χ0) is 22.0. The minimum Gasteiger partial charge on any atom is -0.490 e. The quantitative estimate of drug-likeness (QED) is 0.242. The molecule has 1 rings (SSSR count). The lowest BCUT2D eigenvalue weighted by molar-refractivity contribution is -0.0428. The van der Waals surface area contributed by atoms with Crippen LogP contribution in [0.25, 0.3) is 0 Å². The first-order valence-electron chi connectivity index (χ1n) is 10.4. The molecule has 0 aliphatic heterocycles. The Morgan fingerprint density at radius 3 is 1.43 bits per heavy atom. The molecule has 0 unspecified atom stereocenters. The summed E-state index contributed by atoms with van der Waals surface area (Å²) in [5.74, 6) is 9.09. The van der Waals surface area contributed by atoms with Crippen LogP contribution in [-0.4, -0.2) is 30.0 Å². The smallest absolute Gasteiger partial charge is 0.203 e. The molecular weight excluding hydrogens is 380 g/mol. The number of terminal acetylenes is 3. The molecule has 0 atom stereocenters. The molecule has 0 saturated carbocycles. The van der Waals surface area contributed by atoms with E-state index in [9.17, 15) is 10.2 Å². The van der Waals surface area contributed by atoms with Gasteiger partial charge in [0, 0.05) is 24.8 Å². The molecule has 0 radical (unpaired) electrons. The third kappa shape index (κ3) is 10.1. The average molecular weight is 413 g/mol. The van der Waals surface area contributed by atoms with Gasteiger partial charge in [-0.05, 0) is 50.7 Å². The first-order valence-corrected chi connectivity index (χ1v) is 10.4. The normalized spacial score (nSPS) is 10.1. The Kier molecular flexibility index (Phi) is 13.5. The van der Waals surface area contributed by atoms with E-state index >= 15 is 0 Å². The number of aliphatic hydroxyl groups excluding tert-OH is 1. The van der Waals surface area contributed by atoms with Gasteiger partial charge in [0.25, 0.3) is 0 Å². The first kappa shape index (κ1) is 25.3. The van der Waals surface area contributed by atoms with Crippen molar-refractivity contribution < 1.29 is 24.4 Å². The van der Waals surface area contributed by atoms with Crippen molar-refractivity contribution in [2.24, 2.45) is 0 Å².